The van der Waals surface area contributed by atoms with E-state index in [2.05, 4.69) is 37.3 Å². The molecule has 0 radical (unpaired) electrons. The molecule has 1 saturated carbocycles. The summed E-state index contributed by atoms with van der Waals surface area (Å²) < 4.78 is 5.25. The molecular weight excluding hydrogens is 328 g/mol. The molecule has 2 aliphatic carbocycles. The van der Waals surface area contributed by atoms with Crippen LogP contribution in [0, 0.1) is 17.8 Å². The SMILES string of the molecule is CCCC1CCC(CCC2CC=C(CCc3ccc(OC)cc3)CC2)CC1. The number of aryl methyl sites for hydroxylation is 1. The van der Waals surface area contributed by atoms with Gasteiger partial charge in [-0.05, 0) is 74.0 Å². The molecule has 1 unspecified atom stereocenters. The van der Waals surface area contributed by atoms with E-state index in [1.807, 2.05) is 0 Å². The van der Waals surface area contributed by atoms with E-state index in [9.17, 15) is 0 Å². The lowest BCUT2D eigenvalue weighted by Gasteiger charge is -2.30. The molecule has 0 saturated heterocycles. The average molecular weight is 369 g/mol. The van der Waals surface area contributed by atoms with Crippen LogP contribution in [0.4, 0.5) is 0 Å². The van der Waals surface area contributed by atoms with Crippen molar-refractivity contribution in [3.63, 3.8) is 0 Å². The molecule has 150 valence electrons. The zero-order chi connectivity index (χ0) is 18.9. The Balaban J connectivity index is 1.32. The summed E-state index contributed by atoms with van der Waals surface area (Å²) in [5.41, 5.74) is 3.12. The Morgan fingerprint density at radius 3 is 2.07 bits per heavy atom. The van der Waals surface area contributed by atoms with E-state index in [4.69, 9.17) is 4.74 Å². The summed E-state index contributed by atoms with van der Waals surface area (Å²) in [6.45, 7) is 2.34. The molecule has 27 heavy (non-hydrogen) atoms. The lowest BCUT2D eigenvalue weighted by atomic mass is 9.76. The number of hydrogen-bond acceptors (Lipinski definition) is 1. The Morgan fingerprint density at radius 1 is 0.815 bits per heavy atom. The third kappa shape index (κ3) is 6.70. The van der Waals surface area contributed by atoms with Crippen LogP contribution >= 0.6 is 0 Å². The molecule has 0 N–H and O–H groups in total. The van der Waals surface area contributed by atoms with Crippen molar-refractivity contribution in [2.45, 2.75) is 90.4 Å². The second kappa shape index (κ2) is 10.9. The number of hydrogen-bond donors (Lipinski definition) is 0. The van der Waals surface area contributed by atoms with Crippen molar-refractivity contribution in [1.29, 1.82) is 0 Å². The number of rotatable bonds is 9. The number of allylic oxidation sites excluding steroid dienone is 2. The fraction of sp³-hybridized carbons (Fsp3) is 0.692. The molecule has 1 nitrogen and oxygen atoms in total. The van der Waals surface area contributed by atoms with Crippen molar-refractivity contribution in [2.75, 3.05) is 7.11 Å². The Labute approximate surface area is 167 Å². The zero-order valence-electron chi connectivity index (χ0n) is 17.7. The fourth-order valence-corrected chi connectivity index (χ4v) is 5.22. The van der Waals surface area contributed by atoms with E-state index in [0.717, 1.165) is 23.5 Å². The van der Waals surface area contributed by atoms with Gasteiger partial charge < -0.3 is 4.74 Å². The third-order valence-corrected chi connectivity index (χ3v) is 7.15. The highest BCUT2D eigenvalue weighted by Gasteiger charge is 2.22. The maximum absolute atomic E-state index is 5.25. The van der Waals surface area contributed by atoms with Crippen molar-refractivity contribution >= 4 is 0 Å². The van der Waals surface area contributed by atoms with E-state index in [-0.39, 0.29) is 0 Å². The molecule has 1 aromatic rings. The van der Waals surface area contributed by atoms with Crippen LogP contribution in [0.1, 0.15) is 89.5 Å². The van der Waals surface area contributed by atoms with Crippen LogP contribution in [0.15, 0.2) is 35.9 Å². The first kappa shape index (κ1) is 20.5. The maximum atomic E-state index is 5.25. The Bertz CT molecular complexity index is 562. The Kier molecular flexibility index (Phi) is 8.30. The molecule has 0 amide bonds. The van der Waals surface area contributed by atoms with E-state index in [1.165, 1.54) is 89.0 Å². The topological polar surface area (TPSA) is 9.23 Å². The molecule has 0 heterocycles. The van der Waals surface area contributed by atoms with Gasteiger partial charge in [-0.3, -0.25) is 0 Å². The lowest BCUT2D eigenvalue weighted by Crippen LogP contribution is -2.16. The summed E-state index contributed by atoms with van der Waals surface area (Å²) in [6.07, 6.45) is 21.0. The monoisotopic (exact) mass is 368 g/mol. The summed E-state index contributed by atoms with van der Waals surface area (Å²) in [7, 11) is 1.73. The highest BCUT2D eigenvalue weighted by molar-refractivity contribution is 5.27. The van der Waals surface area contributed by atoms with Gasteiger partial charge in [0.2, 0.25) is 0 Å². The van der Waals surface area contributed by atoms with Crippen LogP contribution in [-0.4, -0.2) is 7.11 Å². The van der Waals surface area contributed by atoms with Gasteiger partial charge in [0.25, 0.3) is 0 Å². The van der Waals surface area contributed by atoms with E-state index < -0.39 is 0 Å². The summed E-state index contributed by atoms with van der Waals surface area (Å²) in [4.78, 5) is 0. The smallest absolute Gasteiger partial charge is 0.118 e. The van der Waals surface area contributed by atoms with Crippen molar-refractivity contribution in [3.8, 4) is 5.75 Å². The standard InChI is InChI=1S/C26H40O/c1-3-4-21-5-7-22(8-6-21)9-10-23-11-13-24(14-12-23)15-16-25-17-19-26(27-2)20-18-25/h13,17-23H,3-12,14-16H2,1-2H3. The van der Waals surface area contributed by atoms with Crippen LogP contribution in [0.2, 0.25) is 0 Å². The summed E-state index contributed by atoms with van der Waals surface area (Å²) in [5, 5.41) is 0. The maximum Gasteiger partial charge on any atom is 0.118 e. The van der Waals surface area contributed by atoms with Crippen LogP contribution in [0.5, 0.6) is 5.75 Å². The molecule has 1 fully saturated rings. The van der Waals surface area contributed by atoms with Crippen LogP contribution in [-0.2, 0) is 6.42 Å². The van der Waals surface area contributed by atoms with Crippen LogP contribution in [0.25, 0.3) is 0 Å². The quantitative estimate of drug-likeness (QED) is 0.405. The normalized spacial score (nSPS) is 25.9. The zero-order valence-corrected chi connectivity index (χ0v) is 17.7. The summed E-state index contributed by atoms with van der Waals surface area (Å²) in [5.74, 6) is 4.01. The van der Waals surface area contributed by atoms with E-state index >= 15 is 0 Å². The lowest BCUT2D eigenvalue weighted by molar-refractivity contribution is 0.236. The minimum absolute atomic E-state index is 0.956. The first-order chi connectivity index (χ1) is 13.3. The van der Waals surface area contributed by atoms with Gasteiger partial charge in [0, 0.05) is 0 Å². The van der Waals surface area contributed by atoms with Gasteiger partial charge in [0.05, 0.1) is 7.11 Å². The van der Waals surface area contributed by atoms with Crippen molar-refractivity contribution < 1.29 is 4.74 Å². The Morgan fingerprint density at radius 2 is 1.48 bits per heavy atom. The van der Waals surface area contributed by atoms with Gasteiger partial charge >= 0.3 is 0 Å². The van der Waals surface area contributed by atoms with Crippen LogP contribution in [0.3, 0.4) is 0 Å². The van der Waals surface area contributed by atoms with Crippen molar-refractivity contribution in [2.24, 2.45) is 17.8 Å². The van der Waals surface area contributed by atoms with Gasteiger partial charge in [0.15, 0.2) is 0 Å². The third-order valence-electron chi connectivity index (χ3n) is 7.15. The van der Waals surface area contributed by atoms with Gasteiger partial charge in [0.1, 0.15) is 5.75 Å². The molecule has 3 rings (SSSR count). The fourth-order valence-electron chi connectivity index (χ4n) is 5.22. The van der Waals surface area contributed by atoms with E-state index in [0.29, 0.717) is 0 Å². The minimum atomic E-state index is 0.956. The largest absolute Gasteiger partial charge is 0.497 e. The van der Waals surface area contributed by atoms with Crippen molar-refractivity contribution in [1.82, 2.24) is 0 Å². The minimum Gasteiger partial charge on any atom is -0.497 e. The van der Waals surface area contributed by atoms with Crippen molar-refractivity contribution in [3.05, 3.63) is 41.5 Å². The molecule has 1 atom stereocenters. The molecule has 1 heteroatoms. The highest BCUT2D eigenvalue weighted by Crippen LogP contribution is 2.36. The first-order valence-electron chi connectivity index (χ1n) is 11.6. The molecule has 0 aromatic heterocycles. The predicted octanol–water partition coefficient (Wildman–Crippen LogP) is 7.74. The average Bonchev–Trinajstić information content (AvgIpc) is 2.73. The second-order valence-corrected chi connectivity index (χ2v) is 9.10. The van der Waals surface area contributed by atoms with E-state index in [1.54, 1.807) is 12.7 Å². The number of benzene rings is 1. The number of ether oxygens (including phenoxy) is 1. The first-order valence-corrected chi connectivity index (χ1v) is 11.6. The van der Waals surface area contributed by atoms with Gasteiger partial charge in [-0.15, -0.1) is 0 Å². The predicted molar refractivity (Wildman–Crippen MR) is 116 cm³/mol. The van der Waals surface area contributed by atoms with Gasteiger partial charge in [-0.1, -0.05) is 75.7 Å². The Hall–Kier alpha value is -1.24. The second-order valence-electron chi connectivity index (χ2n) is 9.10. The van der Waals surface area contributed by atoms with Gasteiger partial charge in [-0.25, -0.2) is 0 Å². The number of methoxy groups -OCH3 is 1. The molecule has 1 aromatic carbocycles. The molecule has 0 aliphatic heterocycles. The molecule has 0 bridgehead atoms. The van der Waals surface area contributed by atoms with Gasteiger partial charge in [-0.2, -0.15) is 0 Å². The summed E-state index contributed by atoms with van der Waals surface area (Å²) in [6, 6.07) is 8.58. The van der Waals surface area contributed by atoms with Crippen LogP contribution < -0.4 is 4.74 Å². The molecule has 2 aliphatic rings. The molecular formula is C26H40O. The highest BCUT2D eigenvalue weighted by atomic mass is 16.5. The summed E-state index contributed by atoms with van der Waals surface area (Å²) >= 11 is 0. The molecule has 0 spiro atoms.